The van der Waals surface area contributed by atoms with E-state index in [0.29, 0.717) is 41.7 Å². The van der Waals surface area contributed by atoms with E-state index in [-0.39, 0.29) is 29.7 Å². The highest BCUT2D eigenvalue weighted by Gasteiger charge is 2.44. The summed E-state index contributed by atoms with van der Waals surface area (Å²) < 4.78 is 19.0. The Morgan fingerprint density at radius 1 is 1.07 bits per heavy atom. The maximum Gasteiger partial charge on any atom is 0.276 e. The number of carbonyl (C=O) groups excluding carboxylic acids is 2. The van der Waals surface area contributed by atoms with E-state index in [1.165, 1.54) is 18.4 Å². The summed E-state index contributed by atoms with van der Waals surface area (Å²) >= 11 is 0. The topological polar surface area (TPSA) is 66.7 Å². The van der Waals surface area contributed by atoms with Crippen molar-refractivity contribution in [2.45, 2.75) is 50.6 Å². The van der Waals surface area contributed by atoms with E-state index in [2.05, 4.69) is 4.98 Å². The molecule has 146 valence electrons. The average Bonchev–Trinajstić information content (AvgIpc) is 3.46. The minimum Gasteiger partial charge on any atom is -0.448 e. The molecule has 2 unspecified atom stereocenters. The SMILES string of the molecule is Cc1cc(C(=O)N2CC3CCC2CN3C(=O)c2coc(C3CC3)n2)ccc1F. The molecule has 3 saturated heterocycles. The molecule has 1 aromatic carbocycles. The molecule has 6 nitrogen and oxygen atoms in total. The van der Waals surface area contributed by atoms with Crippen molar-refractivity contribution in [3.05, 3.63) is 53.0 Å². The van der Waals surface area contributed by atoms with E-state index in [4.69, 9.17) is 4.42 Å². The zero-order valence-corrected chi connectivity index (χ0v) is 15.7. The van der Waals surface area contributed by atoms with Crippen LogP contribution >= 0.6 is 0 Å². The Morgan fingerprint density at radius 2 is 1.75 bits per heavy atom. The maximum absolute atomic E-state index is 13.5. The van der Waals surface area contributed by atoms with Gasteiger partial charge in [-0.2, -0.15) is 0 Å². The lowest BCUT2D eigenvalue weighted by molar-refractivity contribution is -0.00635. The van der Waals surface area contributed by atoms with Crippen molar-refractivity contribution in [2.75, 3.05) is 13.1 Å². The highest BCUT2D eigenvalue weighted by molar-refractivity contribution is 5.96. The number of amides is 2. The van der Waals surface area contributed by atoms with Crippen LogP contribution in [-0.2, 0) is 0 Å². The van der Waals surface area contributed by atoms with Crippen molar-refractivity contribution < 1.29 is 18.4 Å². The van der Waals surface area contributed by atoms with Crippen LogP contribution in [0.4, 0.5) is 4.39 Å². The highest BCUT2D eigenvalue weighted by atomic mass is 19.1. The van der Waals surface area contributed by atoms with Crippen molar-refractivity contribution in [1.82, 2.24) is 14.8 Å². The van der Waals surface area contributed by atoms with Crippen molar-refractivity contribution in [3.63, 3.8) is 0 Å². The summed E-state index contributed by atoms with van der Waals surface area (Å²) in [5, 5.41) is 0. The number of carbonyl (C=O) groups is 2. The molecule has 0 N–H and O–H groups in total. The van der Waals surface area contributed by atoms with E-state index >= 15 is 0 Å². The van der Waals surface area contributed by atoms with Gasteiger partial charge in [0, 0.05) is 36.7 Å². The van der Waals surface area contributed by atoms with Gasteiger partial charge in [-0.3, -0.25) is 9.59 Å². The highest BCUT2D eigenvalue weighted by Crippen LogP contribution is 2.39. The monoisotopic (exact) mass is 383 g/mol. The van der Waals surface area contributed by atoms with Gasteiger partial charge in [0.15, 0.2) is 11.6 Å². The average molecular weight is 383 g/mol. The minimum absolute atomic E-state index is 0.0240. The number of rotatable bonds is 3. The molecule has 4 fully saturated rings. The molecule has 4 aliphatic rings. The zero-order chi connectivity index (χ0) is 19.4. The molecule has 0 radical (unpaired) electrons. The number of piperidine rings is 2. The maximum atomic E-state index is 13.5. The van der Waals surface area contributed by atoms with Gasteiger partial charge in [0.25, 0.3) is 11.8 Å². The molecule has 6 rings (SSSR count). The third-order valence-electron chi connectivity index (χ3n) is 6.12. The Hall–Kier alpha value is -2.70. The Kier molecular flexibility index (Phi) is 4.00. The smallest absolute Gasteiger partial charge is 0.276 e. The third kappa shape index (κ3) is 2.89. The predicted octanol–water partition coefficient (Wildman–Crippen LogP) is 3.13. The second-order valence-corrected chi connectivity index (χ2v) is 8.11. The predicted molar refractivity (Wildman–Crippen MR) is 98.5 cm³/mol. The third-order valence-corrected chi connectivity index (χ3v) is 6.12. The molecule has 2 bridgehead atoms. The summed E-state index contributed by atoms with van der Waals surface area (Å²) in [6.07, 6.45) is 5.34. The van der Waals surface area contributed by atoms with Crippen LogP contribution in [0.2, 0.25) is 0 Å². The van der Waals surface area contributed by atoms with Gasteiger partial charge in [0.05, 0.1) is 0 Å². The largest absolute Gasteiger partial charge is 0.448 e. The standard InChI is InChI=1S/C21H22FN3O3/c1-12-8-14(4-7-17(12)22)20(26)24-9-16-6-5-15(24)10-25(16)21(27)18-11-28-19(23-18)13-2-3-13/h4,7-8,11,13,15-16H,2-3,5-6,9-10H2,1H3. The fourth-order valence-corrected chi connectivity index (χ4v) is 4.32. The normalized spacial score (nSPS) is 23.9. The van der Waals surface area contributed by atoms with E-state index < -0.39 is 0 Å². The van der Waals surface area contributed by atoms with Gasteiger partial charge in [-0.15, -0.1) is 0 Å². The molecular formula is C21H22FN3O3. The first-order valence-electron chi connectivity index (χ1n) is 9.85. The summed E-state index contributed by atoms with van der Waals surface area (Å²) in [6, 6.07) is 4.41. The number of benzene rings is 1. The molecule has 1 aliphatic carbocycles. The molecular weight excluding hydrogens is 361 g/mol. The second-order valence-electron chi connectivity index (χ2n) is 8.11. The Morgan fingerprint density at radius 3 is 2.36 bits per heavy atom. The molecule has 0 spiro atoms. The molecule has 4 heterocycles. The van der Waals surface area contributed by atoms with Gasteiger partial charge in [0.2, 0.25) is 0 Å². The number of nitrogens with zero attached hydrogens (tertiary/aromatic N) is 3. The van der Waals surface area contributed by atoms with Gasteiger partial charge >= 0.3 is 0 Å². The van der Waals surface area contributed by atoms with E-state index in [9.17, 15) is 14.0 Å². The van der Waals surface area contributed by atoms with E-state index in [1.807, 2.05) is 9.80 Å². The van der Waals surface area contributed by atoms with Gasteiger partial charge in [0.1, 0.15) is 12.1 Å². The molecule has 2 amide bonds. The summed E-state index contributed by atoms with van der Waals surface area (Å²) in [4.78, 5) is 33.9. The van der Waals surface area contributed by atoms with Gasteiger partial charge < -0.3 is 14.2 Å². The molecule has 7 heteroatoms. The second kappa shape index (κ2) is 6.43. The summed E-state index contributed by atoms with van der Waals surface area (Å²) in [6.45, 7) is 2.66. The molecule has 28 heavy (non-hydrogen) atoms. The molecule has 3 aliphatic heterocycles. The minimum atomic E-state index is -0.313. The fourth-order valence-electron chi connectivity index (χ4n) is 4.32. The van der Waals surface area contributed by atoms with Crippen LogP contribution in [0.25, 0.3) is 0 Å². The summed E-state index contributed by atoms with van der Waals surface area (Å²) in [5.41, 5.74) is 1.32. The van der Waals surface area contributed by atoms with Crippen LogP contribution in [0.5, 0.6) is 0 Å². The number of aromatic nitrogens is 1. The van der Waals surface area contributed by atoms with Gasteiger partial charge in [-0.25, -0.2) is 9.37 Å². The summed E-state index contributed by atoms with van der Waals surface area (Å²) in [5.74, 6) is 0.504. The van der Waals surface area contributed by atoms with Gasteiger partial charge in [-0.1, -0.05) is 0 Å². The molecule has 1 aromatic heterocycles. The number of fused-ring (bicyclic) bond motifs is 3. The van der Waals surface area contributed by atoms with Crippen LogP contribution in [0.1, 0.15) is 63.9 Å². The van der Waals surface area contributed by atoms with Crippen molar-refractivity contribution in [3.8, 4) is 0 Å². The molecule has 2 aromatic rings. The van der Waals surface area contributed by atoms with Gasteiger partial charge in [-0.05, 0) is 56.4 Å². The van der Waals surface area contributed by atoms with Crippen molar-refractivity contribution >= 4 is 11.8 Å². The van der Waals surface area contributed by atoms with Crippen LogP contribution < -0.4 is 0 Å². The van der Waals surface area contributed by atoms with Crippen molar-refractivity contribution in [1.29, 1.82) is 0 Å². The lowest BCUT2D eigenvalue weighted by atomic mass is 9.89. The van der Waals surface area contributed by atoms with Crippen LogP contribution in [-0.4, -0.2) is 51.8 Å². The first kappa shape index (κ1) is 17.4. The number of oxazole rings is 1. The lowest BCUT2D eigenvalue weighted by Gasteiger charge is -2.51. The Bertz CT molecular complexity index is 952. The zero-order valence-electron chi connectivity index (χ0n) is 15.7. The molecule has 1 saturated carbocycles. The molecule has 2 atom stereocenters. The van der Waals surface area contributed by atoms with Crippen LogP contribution in [0.15, 0.2) is 28.9 Å². The Labute approximate surface area is 162 Å². The van der Waals surface area contributed by atoms with E-state index in [0.717, 1.165) is 25.7 Å². The van der Waals surface area contributed by atoms with E-state index in [1.54, 1.807) is 13.0 Å². The number of hydrogen-bond donors (Lipinski definition) is 0. The van der Waals surface area contributed by atoms with Crippen LogP contribution in [0, 0.1) is 12.7 Å². The first-order valence-corrected chi connectivity index (χ1v) is 9.85. The lowest BCUT2D eigenvalue weighted by Crippen LogP contribution is -2.65. The van der Waals surface area contributed by atoms with Crippen molar-refractivity contribution in [2.24, 2.45) is 0 Å². The number of piperazine rings is 1. The number of halogens is 1. The fraction of sp³-hybridized carbons (Fsp3) is 0.476. The quantitative estimate of drug-likeness (QED) is 0.817. The number of hydrogen-bond acceptors (Lipinski definition) is 4. The summed E-state index contributed by atoms with van der Waals surface area (Å²) in [7, 11) is 0. The number of aryl methyl sites for hydroxylation is 1. The Balaban J connectivity index is 1.32. The first-order chi connectivity index (χ1) is 13.5. The van der Waals surface area contributed by atoms with Crippen LogP contribution in [0.3, 0.4) is 0 Å².